The number of pyridine rings is 1. The number of amides is 1. The van der Waals surface area contributed by atoms with Crippen molar-refractivity contribution in [2.45, 2.75) is 20.8 Å². The van der Waals surface area contributed by atoms with Crippen molar-refractivity contribution in [2.75, 3.05) is 5.32 Å². The summed E-state index contributed by atoms with van der Waals surface area (Å²) >= 11 is 1.21. The van der Waals surface area contributed by atoms with Gasteiger partial charge < -0.3 is 10.3 Å². The summed E-state index contributed by atoms with van der Waals surface area (Å²) in [6, 6.07) is 11.2. The van der Waals surface area contributed by atoms with Crippen molar-refractivity contribution in [3.63, 3.8) is 0 Å². The van der Waals surface area contributed by atoms with Crippen LogP contribution >= 0.6 is 11.3 Å². The van der Waals surface area contributed by atoms with E-state index in [0.717, 1.165) is 16.8 Å². The molecule has 0 spiro atoms. The lowest BCUT2D eigenvalue weighted by atomic mass is 10.1. The lowest BCUT2D eigenvalue weighted by Gasteiger charge is -2.08. The molecule has 0 saturated heterocycles. The Kier molecular flexibility index (Phi) is 4.52. The number of nitrogens with one attached hydrogen (secondary N) is 2. The molecule has 7 heteroatoms. The summed E-state index contributed by atoms with van der Waals surface area (Å²) in [5.41, 5.74) is 3.80. The normalized spacial score (nSPS) is 11.0. The number of fused-ring (bicyclic) bond motifs is 1. The van der Waals surface area contributed by atoms with E-state index in [2.05, 4.69) is 20.3 Å². The molecule has 3 aromatic heterocycles. The first-order chi connectivity index (χ1) is 13.4. The van der Waals surface area contributed by atoms with Crippen LogP contribution in [0.4, 0.5) is 5.69 Å². The Hall–Kier alpha value is -3.32. The molecule has 0 unspecified atom stereocenters. The number of hydrogen-bond donors (Lipinski definition) is 2. The number of nitrogens with zero attached hydrogens (tertiary/aromatic N) is 2. The quantitative estimate of drug-likeness (QED) is 0.548. The Morgan fingerprint density at radius 1 is 1.14 bits per heavy atom. The molecule has 1 aromatic carbocycles. The van der Waals surface area contributed by atoms with Crippen molar-refractivity contribution in [1.29, 1.82) is 0 Å². The number of aromatic amines is 1. The summed E-state index contributed by atoms with van der Waals surface area (Å²) in [6.07, 6.45) is 1.64. The molecular weight excluding hydrogens is 372 g/mol. The highest BCUT2D eigenvalue weighted by molar-refractivity contribution is 7.20. The molecule has 0 saturated carbocycles. The van der Waals surface area contributed by atoms with Crippen molar-refractivity contribution >= 4 is 33.1 Å². The Labute approximate surface area is 165 Å². The molecule has 140 valence electrons. The van der Waals surface area contributed by atoms with Gasteiger partial charge in [-0.15, -0.1) is 11.3 Å². The minimum atomic E-state index is -0.273. The maximum absolute atomic E-state index is 12.9. The van der Waals surface area contributed by atoms with E-state index in [9.17, 15) is 9.59 Å². The predicted octanol–water partition coefficient (Wildman–Crippen LogP) is 4.22. The summed E-state index contributed by atoms with van der Waals surface area (Å²) in [7, 11) is 0. The second-order valence-electron chi connectivity index (χ2n) is 6.64. The molecule has 3 heterocycles. The Morgan fingerprint density at radius 3 is 2.68 bits per heavy atom. The number of carbonyl (C=O) groups is 1. The van der Waals surface area contributed by atoms with Crippen LogP contribution in [-0.2, 0) is 0 Å². The molecule has 0 bridgehead atoms. The average molecular weight is 390 g/mol. The van der Waals surface area contributed by atoms with Crippen LogP contribution in [0.15, 0.2) is 47.4 Å². The summed E-state index contributed by atoms with van der Waals surface area (Å²) in [5.74, 6) is 0.145. The molecule has 0 atom stereocenters. The number of rotatable bonds is 3. The van der Waals surface area contributed by atoms with Crippen LogP contribution in [0.25, 0.3) is 21.7 Å². The zero-order valence-electron chi connectivity index (χ0n) is 15.7. The highest BCUT2D eigenvalue weighted by Crippen LogP contribution is 2.29. The number of hydrogen-bond acceptors (Lipinski definition) is 5. The monoisotopic (exact) mass is 390 g/mol. The molecule has 2 N–H and O–H groups in total. The zero-order chi connectivity index (χ0) is 19.8. The van der Waals surface area contributed by atoms with Gasteiger partial charge in [0.05, 0.1) is 10.3 Å². The van der Waals surface area contributed by atoms with Gasteiger partial charge in [-0.2, -0.15) is 0 Å². The SMILES string of the molecule is Cc1ccc(NC(=O)c2sc3nc(-c4ccccn4)[nH]c(=O)c3c2C)c(C)c1. The van der Waals surface area contributed by atoms with Crippen molar-refractivity contribution in [2.24, 2.45) is 0 Å². The van der Waals surface area contributed by atoms with Gasteiger partial charge in [-0.25, -0.2) is 4.98 Å². The number of aromatic nitrogens is 3. The first kappa shape index (κ1) is 18.1. The molecule has 28 heavy (non-hydrogen) atoms. The summed E-state index contributed by atoms with van der Waals surface area (Å²) in [4.78, 5) is 38.0. The number of anilines is 1. The minimum Gasteiger partial charge on any atom is -0.321 e. The standard InChI is InChI=1S/C21H18N4O2S/c1-11-7-8-14(12(2)10-11)23-20(27)17-13(3)16-19(26)24-18(25-21(16)28-17)15-6-4-5-9-22-15/h4-10H,1-3H3,(H,23,27)(H,24,25,26). The number of H-pyrrole nitrogens is 1. The lowest BCUT2D eigenvalue weighted by molar-refractivity contribution is 0.103. The van der Waals surface area contributed by atoms with E-state index in [1.165, 1.54) is 11.3 Å². The number of carbonyl (C=O) groups excluding carboxylic acids is 1. The maximum Gasteiger partial charge on any atom is 0.266 e. The van der Waals surface area contributed by atoms with Crippen LogP contribution in [0.3, 0.4) is 0 Å². The molecule has 1 amide bonds. The second kappa shape index (κ2) is 7.01. The van der Waals surface area contributed by atoms with Gasteiger partial charge >= 0.3 is 0 Å². The van der Waals surface area contributed by atoms with Gasteiger partial charge in [-0.05, 0) is 50.1 Å². The van der Waals surface area contributed by atoms with E-state index in [1.54, 1.807) is 25.3 Å². The van der Waals surface area contributed by atoms with Gasteiger partial charge in [-0.3, -0.25) is 14.6 Å². The Morgan fingerprint density at radius 2 is 1.96 bits per heavy atom. The molecule has 0 aliphatic heterocycles. The fraction of sp³-hybridized carbons (Fsp3) is 0.143. The highest BCUT2D eigenvalue weighted by Gasteiger charge is 2.20. The third-order valence-corrected chi connectivity index (χ3v) is 5.73. The molecule has 4 rings (SSSR count). The van der Waals surface area contributed by atoms with Gasteiger partial charge in [0.2, 0.25) is 0 Å². The first-order valence-corrected chi connectivity index (χ1v) is 9.59. The number of aryl methyl sites for hydroxylation is 3. The maximum atomic E-state index is 12.9. The third-order valence-electron chi connectivity index (χ3n) is 4.54. The van der Waals surface area contributed by atoms with Gasteiger partial charge in [0.25, 0.3) is 11.5 Å². The first-order valence-electron chi connectivity index (χ1n) is 8.77. The van der Waals surface area contributed by atoms with Crippen LogP contribution < -0.4 is 10.9 Å². The zero-order valence-corrected chi connectivity index (χ0v) is 16.5. The average Bonchev–Trinajstić information content (AvgIpc) is 3.02. The van der Waals surface area contributed by atoms with Gasteiger partial charge in [0.1, 0.15) is 10.5 Å². The summed E-state index contributed by atoms with van der Waals surface area (Å²) in [5, 5.41) is 3.38. The molecule has 6 nitrogen and oxygen atoms in total. The van der Waals surface area contributed by atoms with Crippen LogP contribution in [0.1, 0.15) is 26.4 Å². The van der Waals surface area contributed by atoms with Crippen molar-refractivity contribution in [3.8, 4) is 11.5 Å². The molecule has 0 fully saturated rings. The van der Waals surface area contributed by atoms with E-state index < -0.39 is 0 Å². The minimum absolute atomic E-state index is 0.244. The third kappa shape index (κ3) is 3.20. The number of benzene rings is 1. The van der Waals surface area contributed by atoms with Crippen LogP contribution in [0.5, 0.6) is 0 Å². The van der Waals surface area contributed by atoms with Crippen molar-refractivity contribution in [3.05, 3.63) is 74.5 Å². The number of thiophene rings is 1. The van der Waals surface area contributed by atoms with E-state index >= 15 is 0 Å². The summed E-state index contributed by atoms with van der Waals surface area (Å²) in [6.45, 7) is 5.73. The Bertz CT molecular complexity index is 1260. The van der Waals surface area contributed by atoms with Gasteiger partial charge in [0, 0.05) is 11.9 Å². The molecular formula is C21H18N4O2S. The van der Waals surface area contributed by atoms with Crippen molar-refractivity contribution in [1.82, 2.24) is 15.0 Å². The molecule has 0 aliphatic rings. The smallest absolute Gasteiger partial charge is 0.266 e. The Balaban J connectivity index is 1.76. The molecule has 0 radical (unpaired) electrons. The van der Waals surface area contributed by atoms with Crippen LogP contribution in [0.2, 0.25) is 0 Å². The van der Waals surface area contributed by atoms with E-state index in [4.69, 9.17) is 0 Å². The van der Waals surface area contributed by atoms with E-state index in [-0.39, 0.29) is 11.5 Å². The van der Waals surface area contributed by atoms with Crippen LogP contribution in [-0.4, -0.2) is 20.9 Å². The molecule has 0 aliphatic carbocycles. The summed E-state index contributed by atoms with van der Waals surface area (Å²) < 4.78 is 0. The highest BCUT2D eigenvalue weighted by atomic mass is 32.1. The predicted molar refractivity (Wildman–Crippen MR) is 112 cm³/mol. The van der Waals surface area contributed by atoms with E-state index in [0.29, 0.717) is 32.2 Å². The second-order valence-corrected chi connectivity index (χ2v) is 7.64. The van der Waals surface area contributed by atoms with Gasteiger partial charge in [-0.1, -0.05) is 23.8 Å². The van der Waals surface area contributed by atoms with E-state index in [1.807, 2.05) is 38.1 Å². The fourth-order valence-corrected chi connectivity index (χ4v) is 4.19. The lowest BCUT2D eigenvalue weighted by Crippen LogP contribution is -2.13. The van der Waals surface area contributed by atoms with Crippen LogP contribution in [0, 0.1) is 20.8 Å². The fourth-order valence-electron chi connectivity index (χ4n) is 3.12. The largest absolute Gasteiger partial charge is 0.321 e. The molecule has 4 aromatic rings. The van der Waals surface area contributed by atoms with Gasteiger partial charge in [0.15, 0.2) is 5.82 Å². The van der Waals surface area contributed by atoms with Crippen molar-refractivity contribution < 1.29 is 4.79 Å². The topological polar surface area (TPSA) is 87.7 Å².